The Balaban J connectivity index is 1.66. The summed E-state index contributed by atoms with van der Waals surface area (Å²) >= 11 is 0. The van der Waals surface area contributed by atoms with Gasteiger partial charge in [-0.15, -0.1) is 0 Å². The zero-order valence-electron chi connectivity index (χ0n) is 15.5. The second-order valence-electron chi connectivity index (χ2n) is 5.60. The summed E-state index contributed by atoms with van der Waals surface area (Å²) in [6.45, 7) is 0.299. The molecule has 148 valence electrons. The lowest BCUT2D eigenvalue weighted by Gasteiger charge is -2.08. The lowest BCUT2D eigenvalue weighted by Crippen LogP contribution is -2.30. The number of ether oxygens (including phenoxy) is 3. The number of methoxy groups -OCH3 is 1. The summed E-state index contributed by atoms with van der Waals surface area (Å²) < 4.78 is 15.2. The molecule has 0 unspecified atom stereocenters. The van der Waals surface area contributed by atoms with E-state index in [1.807, 2.05) is 30.3 Å². The summed E-state index contributed by atoms with van der Waals surface area (Å²) in [7, 11) is 1.24. The highest BCUT2D eigenvalue weighted by molar-refractivity contribution is 5.97. The number of hydrogen-bond donors (Lipinski definition) is 2. The molecular weight excluding hydrogens is 364 g/mol. The Morgan fingerprint density at radius 3 is 2.32 bits per heavy atom. The molecule has 0 bridgehead atoms. The average Bonchev–Trinajstić information content (AvgIpc) is 2.72. The maximum Gasteiger partial charge on any atom is 0.325 e. The van der Waals surface area contributed by atoms with E-state index in [0.29, 0.717) is 17.9 Å². The number of rotatable bonds is 10. The normalized spacial score (nSPS) is 10.0. The second kappa shape index (κ2) is 11.3. The summed E-state index contributed by atoms with van der Waals surface area (Å²) in [5, 5.41) is 5.09. The van der Waals surface area contributed by atoms with E-state index in [2.05, 4.69) is 15.4 Å². The van der Waals surface area contributed by atoms with Crippen LogP contribution in [-0.2, 0) is 19.1 Å². The number of hydrogen-bond acceptors (Lipinski definition) is 6. The van der Waals surface area contributed by atoms with E-state index in [9.17, 15) is 14.4 Å². The maximum absolute atomic E-state index is 11.9. The lowest BCUT2D eigenvalue weighted by molar-refractivity contribution is -0.139. The molecule has 0 radical (unpaired) electrons. The van der Waals surface area contributed by atoms with Crippen molar-refractivity contribution in [3.8, 4) is 5.75 Å². The van der Waals surface area contributed by atoms with Crippen LogP contribution in [-0.4, -0.2) is 51.3 Å². The fourth-order valence-corrected chi connectivity index (χ4v) is 2.13. The molecule has 0 aromatic heterocycles. The summed E-state index contributed by atoms with van der Waals surface area (Å²) in [6, 6.07) is 15.6. The molecule has 0 saturated heterocycles. The van der Waals surface area contributed by atoms with Crippen LogP contribution in [0, 0.1) is 0 Å². The molecule has 0 spiro atoms. The molecular formula is C20H22N2O6. The van der Waals surface area contributed by atoms with Gasteiger partial charge < -0.3 is 24.8 Å². The average molecular weight is 386 g/mol. The highest BCUT2D eigenvalue weighted by Gasteiger charge is 2.09. The van der Waals surface area contributed by atoms with Gasteiger partial charge in [-0.2, -0.15) is 0 Å². The van der Waals surface area contributed by atoms with E-state index >= 15 is 0 Å². The second-order valence-corrected chi connectivity index (χ2v) is 5.60. The molecule has 8 heteroatoms. The maximum atomic E-state index is 11.9. The molecule has 2 aromatic rings. The van der Waals surface area contributed by atoms with Gasteiger partial charge in [-0.3, -0.25) is 14.4 Å². The first-order valence-corrected chi connectivity index (χ1v) is 8.59. The van der Waals surface area contributed by atoms with Crippen LogP contribution < -0.4 is 15.4 Å². The van der Waals surface area contributed by atoms with Crippen LogP contribution in [0.1, 0.15) is 10.4 Å². The van der Waals surface area contributed by atoms with Gasteiger partial charge in [-0.25, -0.2) is 0 Å². The van der Waals surface area contributed by atoms with Crippen molar-refractivity contribution in [2.75, 3.05) is 38.8 Å². The van der Waals surface area contributed by atoms with Crippen molar-refractivity contribution in [2.24, 2.45) is 0 Å². The number of amides is 2. The zero-order chi connectivity index (χ0) is 20.2. The first-order chi connectivity index (χ1) is 13.6. The van der Waals surface area contributed by atoms with E-state index < -0.39 is 11.9 Å². The van der Waals surface area contributed by atoms with Crippen LogP contribution in [0.4, 0.5) is 5.69 Å². The van der Waals surface area contributed by atoms with Crippen molar-refractivity contribution < 1.29 is 28.6 Å². The van der Waals surface area contributed by atoms with Crippen LogP contribution in [0.25, 0.3) is 0 Å². The third kappa shape index (κ3) is 7.46. The van der Waals surface area contributed by atoms with Gasteiger partial charge in [-0.1, -0.05) is 18.2 Å². The number of esters is 1. The van der Waals surface area contributed by atoms with Gasteiger partial charge in [0.25, 0.3) is 5.91 Å². The number of nitrogens with one attached hydrogen (secondary N) is 2. The minimum absolute atomic E-state index is 0.112. The Kier molecular flexibility index (Phi) is 8.48. The molecule has 2 N–H and O–H groups in total. The molecule has 8 nitrogen and oxygen atoms in total. The molecule has 0 aliphatic heterocycles. The lowest BCUT2D eigenvalue weighted by atomic mass is 10.2. The Morgan fingerprint density at radius 1 is 0.929 bits per heavy atom. The molecule has 2 amide bonds. The van der Waals surface area contributed by atoms with Gasteiger partial charge in [0.2, 0.25) is 5.91 Å². The minimum atomic E-state index is -0.536. The number of carbonyl (C=O) groups is 3. The molecule has 2 rings (SSSR count). The fraction of sp³-hybridized carbons (Fsp3) is 0.250. The predicted octanol–water partition coefficient (Wildman–Crippen LogP) is 1.62. The highest BCUT2D eigenvalue weighted by atomic mass is 16.5. The SMILES string of the molecule is COC(=O)CNC(=O)c1ccc(NC(=O)COCCOc2ccccc2)cc1. The van der Waals surface area contributed by atoms with Gasteiger partial charge >= 0.3 is 5.97 Å². The van der Waals surface area contributed by atoms with E-state index in [4.69, 9.17) is 9.47 Å². The Morgan fingerprint density at radius 2 is 1.64 bits per heavy atom. The van der Waals surface area contributed by atoms with E-state index in [1.54, 1.807) is 12.1 Å². The third-order valence-corrected chi connectivity index (χ3v) is 3.52. The summed E-state index contributed by atoms with van der Waals surface area (Å²) in [6.07, 6.45) is 0. The number of benzene rings is 2. The standard InChI is InChI=1S/C20H22N2O6/c1-26-19(24)13-21-20(25)15-7-9-16(10-8-15)22-18(23)14-27-11-12-28-17-5-3-2-4-6-17/h2-10H,11-14H2,1H3,(H,21,25)(H,22,23). The molecule has 0 aliphatic carbocycles. The van der Waals surface area contributed by atoms with Crippen LogP contribution in [0.15, 0.2) is 54.6 Å². The molecule has 0 fully saturated rings. The molecule has 28 heavy (non-hydrogen) atoms. The topological polar surface area (TPSA) is 103 Å². The predicted molar refractivity (Wildman–Crippen MR) is 102 cm³/mol. The Labute approximate surface area is 162 Å². The smallest absolute Gasteiger partial charge is 0.325 e. The number of carbonyl (C=O) groups excluding carboxylic acids is 3. The first kappa shape index (κ1) is 20.9. The van der Waals surface area contributed by atoms with Crippen molar-refractivity contribution in [2.45, 2.75) is 0 Å². The van der Waals surface area contributed by atoms with E-state index in [1.165, 1.54) is 19.2 Å². The molecule has 0 heterocycles. The minimum Gasteiger partial charge on any atom is -0.491 e. The van der Waals surface area contributed by atoms with Crippen molar-refractivity contribution >= 4 is 23.5 Å². The summed E-state index contributed by atoms with van der Waals surface area (Å²) in [5.41, 5.74) is 0.884. The van der Waals surface area contributed by atoms with Gasteiger partial charge in [0, 0.05) is 11.3 Å². The quantitative estimate of drug-likeness (QED) is 0.475. The number of anilines is 1. The third-order valence-electron chi connectivity index (χ3n) is 3.52. The molecule has 0 saturated carbocycles. The Bertz CT molecular complexity index is 777. The van der Waals surface area contributed by atoms with Gasteiger partial charge in [0.1, 0.15) is 25.5 Å². The Hall–Kier alpha value is -3.39. The van der Waals surface area contributed by atoms with Crippen LogP contribution >= 0.6 is 0 Å². The summed E-state index contributed by atoms with van der Waals surface area (Å²) in [5.74, 6) is -0.523. The van der Waals surface area contributed by atoms with Gasteiger partial charge in [0.15, 0.2) is 0 Å². The van der Waals surface area contributed by atoms with Gasteiger partial charge in [0.05, 0.1) is 13.7 Å². The van der Waals surface area contributed by atoms with Crippen molar-refractivity contribution in [3.63, 3.8) is 0 Å². The van der Waals surface area contributed by atoms with Crippen molar-refractivity contribution in [1.82, 2.24) is 5.32 Å². The molecule has 2 aromatic carbocycles. The van der Waals surface area contributed by atoms with Crippen LogP contribution in [0.5, 0.6) is 5.75 Å². The van der Waals surface area contributed by atoms with E-state index in [-0.39, 0.29) is 25.7 Å². The molecule has 0 atom stereocenters. The summed E-state index contributed by atoms with van der Waals surface area (Å²) in [4.78, 5) is 34.8. The molecule has 0 aliphatic rings. The zero-order valence-corrected chi connectivity index (χ0v) is 15.5. The largest absolute Gasteiger partial charge is 0.491 e. The first-order valence-electron chi connectivity index (χ1n) is 8.59. The van der Waals surface area contributed by atoms with Gasteiger partial charge in [-0.05, 0) is 36.4 Å². The van der Waals surface area contributed by atoms with E-state index in [0.717, 1.165) is 5.75 Å². The monoisotopic (exact) mass is 386 g/mol. The van der Waals surface area contributed by atoms with Crippen LogP contribution in [0.2, 0.25) is 0 Å². The number of para-hydroxylation sites is 1. The van der Waals surface area contributed by atoms with Crippen molar-refractivity contribution in [1.29, 1.82) is 0 Å². The fourth-order valence-electron chi connectivity index (χ4n) is 2.13. The highest BCUT2D eigenvalue weighted by Crippen LogP contribution is 2.10. The van der Waals surface area contributed by atoms with Crippen molar-refractivity contribution in [3.05, 3.63) is 60.2 Å². The van der Waals surface area contributed by atoms with Crippen LogP contribution in [0.3, 0.4) is 0 Å².